The first-order valence-corrected chi connectivity index (χ1v) is 5.62. The summed E-state index contributed by atoms with van der Waals surface area (Å²) in [7, 11) is 1.35. The number of hydrogen-bond donors (Lipinski definition) is 0. The van der Waals surface area contributed by atoms with E-state index < -0.39 is 0 Å². The molecule has 0 aliphatic rings. The molecule has 0 atom stereocenters. The van der Waals surface area contributed by atoms with Crippen molar-refractivity contribution in [3.8, 4) is 0 Å². The van der Waals surface area contributed by atoms with Crippen LogP contribution in [0, 0.1) is 0 Å². The van der Waals surface area contributed by atoms with Crippen molar-refractivity contribution in [1.82, 2.24) is 0 Å². The molecule has 3 heteroatoms. The van der Waals surface area contributed by atoms with Crippen LogP contribution in [0.1, 0.15) is 6.92 Å². The van der Waals surface area contributed by atoms with Gasteiger partial charge in [0.1, 0.15) is 0 Å². The molecule has 2 nitrogen and oxygen atoms in total. The molecule has 0 N–H and O–H groups in total. The first-order valence-electron chi connectivity index (χ1n) is 4.83. The second kappa shape index (κ2) is 6.28. The van der Waals surface area contributed by atoms with E-state index in [1.54, 1.807) is 0 Å². The average molecular weight is 281 g/mol. The molecule has 0 aliphatic heterocycles. The third-order valence-electron chi connectivity index (χ3n) is 2.02. The van der Waals surface area contributed by atoms with Crippen molar-refractivity contribution in [3.05, 3.63) is 46.9 Å². The summed E-state index contributed by atoms with van der Waals surface area (Å²) < 4.78 is 5.27. The Bertz CT molecular complexity index is 475. The van der Waals surface area contributed by atoms with Crippen molar-refractivity contribution < 1.29 is 9.53 Å². The highest BCUT2D eigenvalue weighted by Gasteiger charge is 1.93. The fraction of sp³-hybridized carbons (Fsp3) is 0.154. The molecule has 2 aromatic carbocycles. The van der Waals surface area contributed by atoms with Crippen LogP contribution in [0.5, 0.6) is 0 Å². The maximum atomic E-state index is 9.59. The van der Waals surface area contributed by atoms with E-state index in [2.05, 4.69) is 51.0 Å². The Labute approximate surface area is 103 Å². The highest BCUT2D eigenvalue weighted by Crippen LogP contribution is 2.22. The molecule has 0 unspecified atom stereocenters. The molecule has 0 fully saturated rings. The number of carbonyl (C=O) groups excluding carboxylic acids is 1. The van der Waals surface area contributed by atoms with Crippen LogP contribution in [0.3, 0.4) is 0 Å². The monoisotopic (exact) mass is 280 g/mol. The number of esters is 1. The van der Waals surface area contributed by atoms with Crippen molar-refractivity contribution >= 4 is 32.7 Å². The Morgan fingerprint density at radius 1 is 1.12 bits per heavy atom. The summed E-state index contributed by atoms with van der Waals surface area (Å²) >= 11 is 3.50. The molecule has 84 valence electrons. The lowest BCUT2D eigenvalue weighted by Crippen LogP contribution is -1.88. The normalized spacial score (nSPS) is 9.19. The van der Waals surface area contributed by atoms with Gasteiger partial charge in [-0.1, -0.05) is 52.3 Å². The Kier molecular flexibility index (Phi) is 4.99. The largest absolute Gasteiger partial charge is 0.469 e. The summed E-state index contributed by atoms with van der Waals surface area (Å²) in [5, 5.41) is 2.55. The van der Waals surface area contributed by atoms with E-state index in [0.717, 1.165) is 4.47 Å². The van der Waals surface area contributed by atoms with E-state index in [1.165, 1.54) is 24.8 Å². The van der Waals surface area contributed by atoms with Gasteiger partial charge >= 0.3 is 5.97 Å². The van der Waals surface area contributed by atoms with E-state index in [9.17, 15) is 4.79 Å². The van der Waals surface area contributed by atoms with Gasteiger partial charge in [-0.15, -0.1) is 0 Å². The average Bonchev–Trinajstić information content (AvgIpc) is 2.30. The minimum atomic E-state index is -0.245. The van der Waals surface area contributed by atoms with E-state index in [-0.39, 0.29) is 5.97 Å². The van der Waals surface area contributed by atoms with Crippen LogP contribution in [0.2, 0.25) is 0 Å². The van der Waals surface area contributed by atoms with Gasteiger partial charge in [0.25, 0.3) is 0 Å². The van der Waals surface area contributed by atoms with Crippen molar-refractivity contribution in [3.63, 3.8) is 0 Å². The Hall–Kier alpha value is -1.35. The van der Waals surface area contributed by atoms with E-state index >= 15 is 0 Å². The first-order chi connectivity index (χ1) is 7.65. The lowest BCUT2D eigenvalue weighted by Gasteiger charge is -1.97. The maximum Gasteiger partial charge on any atom is 0.302 e. The van der Waals surface area contributed by atoms with Crippen molar-refractivity contribution in [2.45, 2.75) is 6.92 Å². The van der Waals surface area contributed by atoms with Crippen LogP contribution in [0.15, 0.2) is 46.9 Å². The van der Waals surface area contributed by atoms with Crippen molar-refractivity contribution in [2.75, 3.05) is 7.11 Å². The lowest BCUT2D eigenvalue weighted by molar-refractivity contribution is -0.137. The number of carbonyl (C=O) groups is 1. The zero-order valence-electron chi connectivity index (χ0n) is 9.24. The second-order valence-corrected chi connectivity index (χ2v) is 4.01. The van der Waals surface area contributed by atoms with Gasteiger partial charge in [-0.05, 0) is 16.8 Å². The number of benzene rings is 2. The van der Waals surface area contributed by atoms with E-state index in [4.69, 9.17) is 0 Å². The number of hydrogen-bond acceptors (Lipinski definition) is 2. The fourth-order valence-corrected chi connectivity index (χ4v) is 1.70. The van der Waals surface area contributed by atoms with Crippen LogP contribution < -0.4 is 0 Å². The smallest absolute Gasteiger partial charge is 0.302 e. The van der Waals surface area contributed by atoms with Crippen LogP contribution in [0.4, 0.5) is 0 Å². The third kappa shape index (κ3) is 3.66. The zero-order valence-corrected chi connectivity index (χ0v) is 10.8. The molecule has 0 bridgehead atoms. The molecule has 2 aromatic rings. The molecule has 0 radical (unpaired) electrons. The molecule has 0 aliphatic carbocycles. The summed E-state index contributed by atoms with van der Waals surface area (Å²) in [5.74, 6) is -0.245. The minimum Gasteiger partial charge on any atom is -0.469 e. The second-order valence-electron chi connectivity index (χ2n) is 3.16. The third-order valence-corrected chi connectivity index (χ3v) is 2.72. The standard InChI is InChI=1S/C10H7Br.C3H6O2/c11-10-7-3-5-8-4-1-2-6-9(8)10;1-3(4)5-2/h1-7H;1-2H3. The molecule has 16 heavy (non-hydrogen) atoms. The van der Waals surface area contributed by atoms with Crippen LogP contribution >= 0.6 is 15.9 Å². The number of fused-ring (bicyclic) bond motifs is 1. The van der Waals surface area contributed by atoms with E-state index in [1.807, 2.05) is 12.1 Å². The molecular weight excluding hydrogens is 268 g/mol. The Morgan fingerprint density at radius 2 is 1.69 bits per heavy atom. The van der Waals surface area contributed by atoms with Crippen LogP contribution in [0.25, 0.3) is 10.8 Å². The summed E-state index contributed by atoms with van der Waals surface area (Å²) in [4.78, 5) is 9.59. The van der Waals surface area contributed by atoms with Gasteiger partial charge in [0, 0.05) is 11.4 Å². The highest BCUT2D eigenvalue weighted by molar-refractivity contribution is 9.10. The topological polar surface area (TPSA) is 26.3 Å². The van der Waals surface area contributed by atoms with Gasteiger partial charge in [0.15, 0.2) is 0 Å². The van der Waals surface area contributed by atoms with Gasteiger partial charge in [-0.25, -0.2) is 0 Å². The van der Waals surface area contributed by atoms with E-state index in [0.29, 0.717) is 0 Å². The molecule has 0 saturated carbocycles. The number of methoxy groups -OCH3 is 1. The predicted octanol–water partition coefficient (Wildman–Crippen LogP) is 3.78. The maximum absolute atomic E-state index is 9.59. The summed E-state index contributed by atoms with van der Waals surface area (Å²) in [6.45, 7) is 1.36. The fourth-order valence-electron chi connectivity index (χ4n) is 1.19. The molecule has 0 aromatic heterocycles. The molecular formula is C13H13BrO2. The van der Waals surface area contributed by atoms with Gasteiger partial charge in [-0.2, -0.15) is 0 Å². The van der Waals surface area contributed by atoms with Crippen LogP contribution in [-0.2, 0) is 9.53 Å². The van der Waals surface area contributed by atoms with Crippen molar-refractivity contribution in [2.24, 2.45) is 0 Å². The molecule has 0 spiro atoms. The van der Waals surface area contributed by atoms with Gasteiger partial charge in [0.2, 0.25) is 0 Å². The molecule has 0 saturated heterocycles. The van der Waals surface area contributed by atoms with Crippen LogP contribution in [-0.4, -0.2) is 13.1 Å². The Balaban J connectivity index is 0.000000221. The molecule has 2 rings (SSSR count). The first kappa shape index (κ1) is 12.7. The summed E-state index contributed by atoms with van der Waals surface area (Å²) in [6.07, 6.45) is 0. The molecule has 0 amide bonds. The zero-order chi connectivity index (χ0) is 12.0. The molecule has 0 heterocycles. The minimum absolute atomic E-state index is 0.245. The summed E-state index contributed by atoms with van der Waals surface area (Å²) in [5.41, 5.74) is 0. The Morgan fingerprint density at radius 3 is 2.25 bits per heavy atom. The lowest BCUT2D eigenvalue weighted by atomic mass is 10.1. The quantitative estimate of drug-likeness (QED) is 0.687. The number of halogens is 1. The number of rotatable bonds is 0. The number of ether oxygens (including phenoxy) is 1. The highest BCUT2D eigenvalue weighted by atomic mass is 79.9. The van der Waals surface area contributed by atoms with Gasteiger partial charge < -0.3 is 4.74 Å². The summed E-state index contributed by atoms with van der Waals surface area (Å²) in [6, 6.07) is 14.5. The van der Waals surface area contributed by atoms with Gasteiger partial charge in [0.05, 0.1) is 7.11 Å². The predicted molar refractivity (Wildman–Crippen MR) is 69.3 cm³/mol. The van der Waals surface area contributed by atoms with Crippen molar-refractivity contribution in [1.29, 1.82) is 0 Å². The van der Waals surface area contributed by atoms with Gasteiger partial charge in [-0.3, -0.25) is 4.79 Å². The SMILES string of the molecule is Brc1cccc2ccccc12.COC(C)=O.